The Morgan fingerprint density at radius 2 is 2.50 bits per heavy atom. The molecule has 52 valence electrons. The van der Waals surface area contributed by atoms with Crippen molar-refractivity contribution < 1.29 is 0 Å². The van der Waals surface area contributed by atoms with Crippen molar-refractivity contribution in [3.63, 3.8) is 0 Å². The first-order chi connectivity index (χ1) is 4.83. The lowest BCUT2D eigenvalue weighted by Crippen LogP contribution is -1.92. The van der Waals surface area contributed by atoms with E-state index in [-0.39, 0.29) is 0 Å². The van der Waals surface area contributed by atoms with Gasteiger partial charge in [-0.05, 0) is 13.0 Å². The highest BCUT2D eigenvalue weighted by molar-refractivity contribution is 7.10. The number of nitrogens with two attached hydrogens (primary N) is 1. The molecule has 1 aromatic rings. The van der Waals surface area contributed by atoms with E-state index < -0.39 is 0 Å². The maximum atomic E-state index is 5.21. The standard InChI is InChI=1S/C8H9NS/c1-7-5-8(6-10-7)3-2-4-9/h5-6H,4,9H2,1H3. The lowest BCUT2D eigenvalue weighted by Gasteiger charge is -1.74. The second-order valence-corrected chi connectivity index (χ2v) is 3.07. The van der Waals surface area contributed by atoms with Crippen molar-refractivity contribution in [1.82, 2.24) is 0 Å². The van der Waals surface area contributed by atoms with Crippen LogP contribution in [0.2, 0.25) is 0 Å². The molecular formula is C8H9NS. The molecule has 1 heterocycles. The van der Waals surface area contributed by atoms with Gasteiger partial charge in [-0.15, -0.1) is 11.3 Å². The van der Waals surface area contributed by atoms with Crippen LogP contribution >= 0.6 is 11.3 Å². The highest BCUT2D eigenvalue weighted by Gasteiger charge is 1.88. The molecule has 0 aliphatic rings. The van der Waals surface area contributed by atoms with E-state index >= 15 is 0 Å². The van der Waals surface area contributed by atoms with Gasteiger partial charge in [0.25, 0.3) is 0 Å². The Kier molecular flexibility index (Phi) is 2.49. The normalized spacial score (nSPS) is 8.60. The minimum absolute atomic E-state index is 0.439. The number of thiophene rings is 1. The van der Waals surface area contributed by atoms with Gasteiger partial charge in [0.1, 0.15) is 0 Å². The third-order valence-electron chi connectivity index (χ3n) is 1.07. The largest absolute Gasteiger partial charge is 0.320 e. The molecule has 0 unspecified atom stereocenters. The van der Waals surface area contributed by atoms with Crippen molar-refractivity contribution in [1.29, 1.82) is 0 Å². The van der Waals surface area contributed by atoms with Crippen LogP contribution in [-0.4, -0.2) is 6.54 Å². The molecular weight excluding hydrogens is 142 g/mol. The summed E-state index contributed by atoms with van der Waals surface area (Å²) < 4.78 is 0. The predicted octanol–water partition coefficient (Wildman–Crippen LogP) is 1.37. The highest BCUT2D eigenvalue weighted by Crippen LogP contribution is 2.11. The molecule has 1 aromatic heterocycles. The van der Waals surface area contributed by atoms with E-state index in [1.54, 1.807) is 11.3 Å². The summed E-state index contributed by atoms with van der Waals surface area (Å²) in [6.07, 6.45) is 0. The maximum absolute atomic E-state index is 5.21. The summed E-state index contributed by atoms with van der Waals surface area (Å²) in [5.41, 5.74) is 6.29. The Labute approximate surface area is 64.9 Å². The first kappa shape index (κ1) is 7.33. The van der Waals surface area contributed by atoms with Gasteiger partial charge in [-0.25, -0.2) is 0 Å². The minimum Gasteiger partial charge on any atom is -0.320 e. The van der Waals surface area contributed by atoms with E-state index in [9.17, 15) is 0 Å². The fraction of sp³-hybridized carbons (Fsp3) is 0.250. The molecule has 0 aromatic carbocycles. The molecule has 2 heteroatoms. The zero-order chi connectivity index (χ0) is 7.40. The molecule has 0 saturated carbocycles. The van der Waals surface area contributed by atoms with E-state index in [1.165, 1.54) is 4.88 Å². The summed E-state index contributed by atoms with van der Waals surface area (Å²) in [6, 6.07) is 2.06. The summed E-state index contributed by atoms with van der Waals surface area (Å²) in [5, 5.41) is 2.04. The van der Waals surface area contributed by atoms with Gasteiger partial charge in [0.15, 0.2) is 0 Å². The summed E-state index contributed by atoms with van der Waals surface area (Å²) in [4.78, 5) is 1.29. The second kappa shape index (κ2) is 3.40. The molecule has 1 rings (SSSR count). The van der Waals surface area contributed by atoms with Crippen LogP contribution in [0.3, 0.4) is 0 Å². The molecule has 0 bridgehead atoms. The summed E-state index contributed by atoms with van der Waals surface area (Å²) in [6.45, 7) is 2.51. The molecule has 0 atom stereocenters. The monoisotopic (exact) mass is 151 g/mol. The van der Waals surface area contributed by atoms with Crippen molar-refractivity contribution in [2.45, 2.75) is 6.92 Å². The summed E-state index contributed by atoms with van der Waals surface area (Å²) >= 11 is 1.71. The molecule has 0 spiro atoms. The third kappa shape index (κ3) is 1.87. The molecule has 0 aliphatic carbocycles. The molecule has 10 heavy (non-hydrogen) atoms. The van der Waals surface area contributed by atoms with E-state index in [4.69, 9.17) is 5.73 Å². The fourth-order valence-electron chi connectivity index (χ4n) is 0.662. The van der Waals surface area contributed by atoms with Crippen molar-refractivity contribution in [3.05, 3.63) is 21.9 Å². The SMILES string of the molecule is Cc1cc(C#CCN)cs1. The Morgan fingerprint density at radius 3 is 3.00 bits per heavy atom. The van der Waals surface area contributed by atoms with Crippen LogP contribution in [0.4, 0.5) is 0 Å². The van der Waals surface area contributed by atoms with Gasteiger partial charge in [-0.2, -0.15) is 0 Å². The smallest absolute Gasteiger partial charge is 0.0555 e. The number of hydrogen-bond donors (Lipinski definition) is 1. The van der Waals surface area contributed by atoms with Crippen LogP contribution in [0.15, 0.2) is 11.4 Å². The molecule has 0 radical (unpaired) electrons. The molecule has 0 aliphatic heterocycles. The number of hydrogen-bond acceptors (Lipinski definition) is 2. The maximum Gasteiger partial charge on any atom is 0.0555 e. The van der Waals surface area contributed by atoms with Gasteiger partial charge >= 0.3 is 0 Å². The van der Waals surface area contributed by atoms with Crippen molar-refractivity contribution in [3.8, 4) is 11.8 Å². The van der Waals surface area contributed by atoms with Gasteiger partial charge in [-0.1, -0.05) is 11.8 Å². The Balaban J connectivity index is 2.76. The van der Waals surface area contributed by atoms with Gasteiger partial charge in [0.05, 0.1) is 6.54 Å². The van der Waals surface area contributed by atoms with E-state index in [0.29, 0.717) is 6.54 Å². The topological polar surface area (TPSA) is 26.0 Å². The first-order valence-electron chi connectivity index (χ1n) is 3.07. The average Bonchev–Trinajstić information content (AvgIpc) is 2.31. The molecule has 2 N–H and O–H groups in total. The average molecular weight is 151 g/mol. The molecule has 0 fully saturated rings. The van der Waals surface area contributed by atoms with Crippen LogP contribution in [0, 0.1) is 18.8 Å². The Bertz CT molecular complexity index is 264. The zero-order valence-corrected chi connectivity index (χ0v) is 6.66. The molecule has 1 nitrogen and oxygen atoms in total. The Hall–Kier alpha value is -0.780. The predicted molar refractivity (Wildman–Crippen MR) is 45.0 cm³/mol. The Morgan fingerprint density at radius 1 is 1.70 bits per heavy atom. The first-order valence-corrected chi connectivity index (χ1v) is 3.95. The fourth-order valence-corrected chi connectivity index (χ4v) is 1.30. The number of rotatable bonds is 0. The third-order valence-corrected chi connectivity index (χ3v) is 1.93. The van der Waals surface area contributed by atoms with Crippen LogP contribution in [0.5, 0.6) is 0 Å². The lowest BCUT2D eigenvalue weighted by molar-refractivity contribution is 1.30. The van der Waals surface area contributed by atoms with Crippen molar-refractivity contribution in [2.75, 3.05) is 6.54 Å². The quantitative estimate of drug-likeness (QED) is 0.557. The highest BCUT2D eigenvalue weighted by atomic mass is 32.1. The van der Waals surface area contributed by atoms with Crippen molar-refractivity contribution in [2.24, 2.45) is 5.73 Å². The van der Waals surface area contributed by atoms with Gasteiger partial charge in [0, 0.05) is 15.8 Å². The van der Waals surface area contributed by atoms with Crippen molar-refractivity contribution >= 4 is 11.3 Å². The van der Waals surface area contributed by atoms with E-state index in [0.717, 1.165) is 5.56 Å². The lowest BCUT2D eigenvalue weighted by atomic mass is 10.3. The van der Waals surface area contributed by atoms with Crippen LogP contribution < -0.4 is 5.73 Å². The van der Waals surface area contributed by atoms with E-state index in [1.807, 2.05) is 5.38 Å². The van der Waals surface area contributed by atoms with Crippen LogP contribution in [0.25, 0.3) is 0 Å². The summed E-state index contributed by atoms with van der Waals surface area (Å²) in [5.74, 6) is 5.76. The molecule has 0 saturated heterocycles. The second-order valence-electron chi connectivity index (χ2n) is 1.95. The number of aryl methyl sites for hydroxylation is 1. The molecule has 0 amide bonds. The van der Waals surface area contributed by atoms with Crippen LogP contribution in [-0.2, 0) is 0 Å². The van der Waals surface area contributed by atoms with E-state index in [2.05, 4.69) is 24.8 Å². The van der Waals surface area contributed by atoms with Gasteiger partial charge < -0.3 is 5.73 Å². The zero-order valence-electron chi connectivity index (χ0n) is 5.85. The minimum atomic E-state index is 0.439. The van der Waals surface area contributed by atoms with Gasteiger partial charge in [0.2, 0.25) is 0 Å². The van der Waals surface area contributed by atoms with Crippen LogP contribution in [0.1, 0.15) is 10.4 Å². The van der Waals surface area contributed by atoms with Gasteiger partial charge in [-0.3, -0.25) is 0 Å². The summed E-state index contributed by atoms with van der Waals surface area (Å²) in [7, 11) is 0.